The summed E-state index contributed by atoms with van der Waals surface area (Å²) in [6.45, 7) is 2.64. The van der Waals surface area contributed by atoms with Gasteiger partial charge in [0, 0.05) is 4.47 Å². The van der Waals surface area contributed by atoms with Gasteiger partial charge in [0.05, 0.1) is 6.61 Å². The van der Waals surface area contributed by atoms with Crippen LogP contribution < -0.4 is 9.88 Å². The Balaban J connectivity index is 2.71. The summed E-state index contributed by atoms with van der Waals surface area (Å²) in [7, 11) is -3.76. The van der Waals surface area contributed by atoms with Crippen LogP contribution in [0, 0.1) is 0 Å². The Morgan fingerprint density at radius 3 is 2.61 bits per heavy atom. The van der Waals surface area contributed by atoms with Crippen molar-refractivity contribution >= 4 is 26.0 Å². The lowest BCUT2D eigenvalue weighted by molar-refractivity contribution is 0.297. The maximum atomic E-state index is 11.4. The number of sulfonamides is 1. The van der Waals surface area contributed by atoms with Crippen LogP contribution in [0.4, 0.5) is 0 Å². The third kappa shape index (κ3) is 4.96. The number of unbranched alkanes of at least 4 members (excludes halogenated alkanes) is 3. The van der Waals surface area contributed by atoms with Gasteiger partial charge in [-0.25, -0.2) is 13.6 Å². The summed E-state index contributed by atoms with van der Waals surface area (Å²) in [6, 6.07) is 4.80. The Hall–Kier alpha value is -0.590. The molecular formula is C12H18BrNO3S. The van der Waals surface area contributed by atoms with Gasteiger partial charge in [-0.1, -0.05) is 42.1 Å². The SMILES string of the molecule is CCCCCCOc1ccc(Br)cc1S(N)(=O)=O. The molecule has 1 aromatic rings. The van der Waals surface area contributed by atoms with Crippen LogP contribution >= 0.6 is 15.9 Å². The maximum absolute atomic E-state index is 11.4. The minimum absolute atomic E-state index is 0.0207. The number of hydrogen-bond donors (Lipinski definition) is 1. The van der Waals surface area contributed by atoms with E-state index in [-0.39, 0.29) is 4.90 Å². The molecule has 4 nitrogen and oxygen atoms in total. The van der Waals surface area contributed by atoms with E-state index in [1.807, 2.05) is 0 Å². The Labute approximate surface area is 117 Å². The number of benzene rings is 1. The fourth-order valence-corrected chi connectivity index (χ4v) is 2.75. The summed E-state index contributed by atoms with van der Waals surface area (Å²) in [6.07, 6.45) is 4.30. The lowest BCUT2D eigenvalue weighted by Crippen LogP contribution is -2.14. The predicted octanol–water partition coefficient (Wildman–Crippen LogP) is 3.06. The summed E-state index contributed by atoms with van der Waals surface area (Å²) < 4.78 is 29.0. The van der Waals surface area contributed by atoms with Crippen LogP contribution in [0.1, 0.15) is 32.6 Å². The molecule has 0 bridgehead atoms. The highest BCUT2D eigenvalue weighted by Crippen LogP contribution is 2.26. The molecule has 0 aliphatic heterocycles. The van der Waals surface area contributed by atoms with E-state index in [2.05, 4.69) is 22.9 Å². The van der Waals surface area contributed by atoms with Gasteiger partial charge in [-0.3, -0.25) is 0 Å². The van der Waals surface area contributed by atoms with E-state index in [4.69, 9.17) is 9.88 Å². The normalized spacial score (nSPS) is 11.5. The number of halogens is 1. The molecule has 18 heavy (non-hydrogen) atoms. The summed E-state index contributed by atoms with van der Waals surface area (Å²) in [4.78, 5) is 0.0207. The number of rotatable bonds is 7. The summed E-state index contributed by atoms with van der Waals surface area (Å²) >= 11 is 3.22. The van der Waals surface area contributed by atoms with Gasteiger partial charge in [0.25, 0.3) is 0 Å². The standard InChI is InChI=1S/C12H18BrNO3S/c1-2-3-4-5-8-17-11-7-6-10(13)9-12(11)18(14,15)16/h6-7,9H,2-5,8H2,1H3,(H2,14,15,16). The van der Waals surface area contributed by atoms with E-state index < -0.39 is 10.0 Å². The van der Waals surface area contributed by atoms with Gasteiger partial charge in [-0.2, -0.15) is 0 Å². The second-order valence-electron chi connectivity index (χ2n) is 4.05. The van der Waals surface area contributed by atoms with Crippen molar-refractivity contribution in [2.45, 2.75) is 37.5 Å². The van der Waals surface area contributed by atoms with E-state index in [0.29, 0.717) is 16.8 Å². The molecule has 2 N–H and O–H groups in total. The number of nitrogens with two attached hydrogens (primary N) is 1. The smallest absolute Gasteiger partial charge is 0.241 e. The zero-order valence-electron chi connectivity index (χ0n) is 10.4. The zero-order chi connectivity index (χ0) is 13.6. The highest BCUT2D eigenvalue weighted by Gasteiger charge is 2.15. The molecule has 6 heteroatoms. The molecule has 0 heterocycles. The van der Waals surface area contributed by atoms with Crippen LogP contribution in [0.5, 0.6) is 5.75 Å². The van der Waals surface area contributed by atoms with Crippen LogP contribution in [-0.2, 0) is 10.0 Å². The minimum atomic E-state index is -3.76. The van der Waals surface area contributed by atoms with E-state index >= 15 is 0 Å². The second-order valence-corrected chi connectivity index (χ2v) is 6.49. The Kier molecular flexibility index (Phi) is 6.11. The first kappa shape index (κ1) is 15.5. The molecule has 0 unspecified atom stereocenters. The van der Waals surface area contributed by atoms with Crippen molar-refractivity contribution in [3.8, 4) is 5.75 Å². The average molecular weight is 336 g/mol. The zero-order valence-corrected chi connectivity index (χ0v) is 12.8. The van der Waals surface area contributed by atoms with Crippen molar-refractivity contribution in [3.05, 3.63) is 22.7 Å². The van der Waals surface area contributed by atoms with Crippen molar-refractivity contribution < 1.29 is 13.2 Å². The van der Waals surface area contributed by atoms with Gasteiger partial charge in [-0.05, 0) is 24.6 Å². The topological polar surface area (TPSA) is 69.4 Å². The molecule has 102 valence electrons. The lowest BCUT2D eigenvalue weighted by Gasteiger charge is -2.10. The molecule has 0 saturated heterocycles. The van der Waals surface area contributed by atoms with Crippen LogP contribution in [0.15, 0.2) is 27.6 Å². The fraction of sp³-hybridized carbons (Fsp3) is 0.500. The summed E-state index contributed by atoms with van der Waals surface area (Å²) in [5.74, 6) is 0.317. The Morgan fingerprint density at radius 2 is 2.00 bits per heavy atom. The summed E-state index contributed by atoms with van der Waals surface area (Å²) in [5, 5.41) is 5.15. The van der Waals surface area contributed by atoms with Crippen molar-refractivity contribution in [2.24, 2.45) is 5.14 Å². The van der Waals surface area contributed by atoms with E-state index in [1.54, 1.807) is 12.1 Å². The highest BCUT2D eigenvalue weighted by molar-refractivity contribution is 9.10. The molecule has 0 saturated carbocycles. The molecule has 0 radical (unpaired) electrons. The monoisotopic (exact) mass is 335 g/mol. The van der Waals surface area contributed by atoms with Gasteiger partial charge >= 0.3 is 0 Å². The van der Waals surface area contributed by atoms with Gasteiger partial charge in [-0.15, -0.1) is 0 Å². The molecule has 1 aromatic carbocycles. The van der Waals surface area contributed by atoms with Crippen molar-refractivity contribution in [2.75, 3.05) is 6.61 Å². The fourth-order valence-electron chi connectivity index (χ4n) is 1.53. The highest BCUT2D eigenvalue weighted by atomic mass is 79.9. The van der Waals surface area contributed by atoms with Crippen LogP contribution in [-0.4, -0.2) is 15.0 Å². The van der Waals surface area contributed by atoms with Gasteiger partial charge < -0.3 is 4.74 Å². The third-order valence-corrected chi connectivity index (χ3v) is 3.89. The molecule has 0 spiro atoms. The number of hydrogen-bond acceptors (Lipinski definition) is 3. The van der Waals surface area contributed by atoms with E-state index in [9.17, 15) is 8.42 Å². The quantitative estimate of drug-likeness (QED) is 0.778. The van der Waals surface area contributed by atoms with Crippen molar-refractivity contribution in [1.29, 1.82) is 0 Å². The molecule has 0 aliphatic carbocycles. The molecule has 0 atom stereocenters. The second kappa shape index (κ2) is 7.11. The lowest BCUT2D eigenvalue weighted by atomic mass is 10.2. The predicted molar refractivity (Wildman–Crippen MR) is 75.2 cm³/mol. The molecular weight excluding hydrogens is 318 g/mol. The first-order valence-electron chi connectivity index (χ1n) is 5.90. The number of ether oxygens (including phenoxy) is 1. The number of primary sulfonamides is 1. The minimum Gasteiger partial charge on any atom is -0.492 e. The van der Waals surface area contributed by atoms with Crippen molar-refractivity contribution in [3.63, 3.8) is 0 Å². The Morgan fingerprint density at radius 1 is 1.28 bits per heavy atom. The third-order valence-electron chi connectivity index (χ3n) is 2.47. The molecule has 1 rings (SSSR count). The molecule has 0 amide bonds. The largest absolute Gasteiger partial charge is 0.492 e. The maximum Gasteiger partial charge on any atom is 0.241 e. The molecule has 0 aromatic heterocycles. The van der Waals surface area contributed by atoms with E-state index in [0.717, 1.165) is 25.7 Å². The van der Waals surface area contributed by atoms with Crippen LogP contribution in [0.2, 0.25) is 0 Å². The van der Waals surface area contributed by atoms with Crippen LogP contribution in [0.25, 0.3) is 0 Å². The first-order chi connectivity index (χ1) is 8.45. The molecule has 0 aliphatic rings. The van der Waals surface area contributed by atoms with Gasteiger partial charge in [0.2, 0.25) is 10.0 Å². The Bertz CT molecular complexity index is 488. The van der Waals surface area contributed by atoms with Crippen LogP contribution in [0.3, 0.4) is 0 Å². The summed E-state index contributed by atoms with van der Waals surface area (Å²) in [5.41, 5.74) is 0. The van der Waals surface area contributed by atoms with Gasteiger partial charge in [0.1, 0.15) is 10.6 Å². The van der Waals surface area contributed by atoms with Crippen molar-refractivity contribution in [1.82, 2.24) is 0 Å². The van der Waals surface area contributed by atoms with E-state index in [1.165, 1.54) is 6.07 Å². The van der Waals surface area contributed by atoms with Gasteiger partial charge in [0.15, 0.2) is 0 Å². The average Bonchev–Trinajstić information content (AvgIpc) is 2.29. The first-order valence-corrected chi connectivity index (χ1v) is 8.24. The molecule has 0 fully saturated rings.